The van der Waals surface area contributed by atoms with Crippen molar-refractivity contribution in [2.24, 2.45) is 0 Å². The van der Waals surface area contributed by atoms with E-state index in [4.69, 9.17) is 4.98 Å². The average Bonchev–Trinajstić information content (AvgIpc) is 3.82. The second kappa shape index (κ2) is 10.4. The minimum absolute atomic E-state index is 0.0405. The van der Waals surface area contributed by atoms with Crippen LogP contribution in [0.4, 0.5) is 34.1 Å². The van der Waals surface area contributed by atoms with Crippen LogP contribution >= 0.6 is 0 Å². The topological polar surface area (TPSA) is 24.3 Å². The zero-order valence-electron chi connectivity index (χ0n) is 35.4. The van der Waals surface area contributed by atoms with Crippen LogP contribution in [0.3, 0.4) is 0 Å². The van der Waals surface area contributed by atoms with Crippen molar-refractivity contribution < 1.29 is 0 Å². The molecule has 0 atom stereocenters. The van der Waals surface area contributed by atoms with E-state index in [0.29, 0.717) is 0 Å². The summed E-state index contributed by atoms with van der Waals surface area (Å²) in [6.45, 7) is 12.3. The van der Waals surface area contributed by atoms with Crippen molar-refractivity contribution in [2.75, 3.05) is 9.80 Å². The van der Waals surface area contributed by atoms with Gasteiger partial charge >= 0.3 is 0 Å². The van der Waals surface area contributed by atoms with Crippen molar-refractivity contribution in [3.63, 3.8) is 0 Å². The molecule has 0 unspecified atom stereocenters. The van der Waals surface area contributed by atoms with Crippen LogP contribution in [-0.4, -0.2) is 16.3 Å². The molecule has 1 spiro atoms. The van der Waals surface area contributed by atoms with Crippen LogP contribution in [0.15, 0.2) is 133 Å². The van der Waals surface area contributed by atoms with E-state index in [2.05, 4.69) is 182 Å². The van der Waals surface area contributed by atoms with Crippen LogP contribution in [0.5, 0.6) is 0 Å². The van der Waals surface area contributed by atoms with Gasteiger partial charge in [-0.05, 0) is 134 Å². The standard InChI is InChI=1S/C56H45BN4/c1-53(2,3)52-58-41-31-39-45(55(5)29-27-54(39,4)28-30-55)47-50(41)60(52)42-25-26-44-51-46(42)57(47)40-23-13-21-37-48(40)61(51)49-38(22-14-24-43(49)59(44)32-15-7-6-8-16-32)56(37)35-19-11-9-17-33(35)34-18-10-12-20-36(34)56/h6-26,31H,27-30H2,1-5H3. The minimum atomic E-state index is -0.505. The molecule has 5 heteroatoms. The van der Waals surface area contributed by atoms with Gasteiger partial charge in [0.2, 0.25) is 0 Å². The van der Waals surface area contributed by atoms with Crippen LogP contribution in [0, 0.1) is 0 Å². The van der Waals surface area contributed by atoms with Gasteiger partial charge in [0.15, 0.2) is 0 Å². The van der Waals surface area contributed by atoms with Crippen molar-refractivity contribution in [2.45, 2.75) is 82.0 Å². The maximum Gasteiger partial charge on any atom is 0.252 e. The molecule has 16 rings (SSSR count). The molecule has 5 heterocycles. The zero-order chi connectivity index (χ0) is 40.5. The first-order valence-electron chi connectivity index (χ1n) is 22.5. The lowest BCUT2D eigenvalue weighted by Crippen LogP contribution is -2.65. The van der Waals surface area contributed by atoms with Crippen molar-refractivity contribution >= 4 is 68.3 Å². The maximum absolute atomic E-state index is 5.72. The fourth-order valence-corrected chi connectivity index (χ4v) is 14.1. The van der Waals surface area contributed by atoms with Gasteiger partial charge in [0.05, 0.1) is 39.2 Å². The van der Waals surface area contributed by atoms with E-state index in [1.807, 2.05) is 0 Å². The monoisotopic (exact) mass is 784 g/mol. The summed E-state index contributed by atoms with van der Waals surface area (Å²) in [7, 11) is 0. The summed E-state index contributed by atoms with van der Waals surface area (Å²) >= 11 is 0. The van der Waals surface area contributed by atoms with Gasteiger partial charge in [-0.15, -0.1) is 0 Å². The molecule has 2 bridgehead atoms. The number of benzene rings is 7. The largest absolute Gasteiger partial charge is 0.307 e. The van der Waals surface area contributed by atoms with Crippen molar-refractivity contribution in [1.82, 2.24) is 9.55 Å². The SMILES string of the molecule is CC(C)(C)c1nc2cc3c(c4c2n1-c1ccc2c5c1B4c1cccc4c1N5c1c(cccc1C41c4ccccc4-c4ccccc41)N2c1ccccc1)C1(C)CCC3(C)CC1. The first-order valence-corrected chi connectivity index (χ1v) is 22.5. The third kappa shape index (κ3) is 3.56. The summed E-state index contributed by atoms with van der Waals surface area (Å²) in [5.74, 6) is 1.15. The summed E-state index contributed by atoms with van der Waals surface area (Å²) in [4.78, 5) is 11.0. The van der Waals surface area contributed by atoms with E-state index in [0.717, 1.165) is 5.82 Å². The molecule has 61 heavy (non-hydrogen) atoms. The highest BCUT2D eigenvalue weighted by Crippen LogP contribution is 2.68. The Balaban J connectivity index is 1.18. The zero-order valence-corrected chi connectivity index (χ0v) is 35.4. The summed E-state index contributed by atoms with van der Waals surface area (Å²) in [6, 6.07) is 51.6. The molecule has 4 aliphatic carbocycles. The van der Waals surface area contributed by atoms with E-state index in [1.165, 1.54) is 126 Å². The number of fused-ring (bicyclic) bond motifs is 12. The Morgan fingerprint density at radius 2 is 1.15 bits per heavy atom. The average molecular weight is 785 g/mol. The fourth-order valence-electron chi connectivity index (χ4n) is 14.1. The molecule has 1 aromatic heterocycles. The molecule has 4 aliphatic heterocycles. The minimum Gasteiger partial charge on any atom is -0.307 e. The Morgan fingerprint density at radius 1 is 0.541 bits per heavy atom. The van der Waals surface area contributed by atoms with Gasteiger partial charge in [-0.1, -0.05) is 132 Å². The number of anilines is 6. The lowest BCUT2D eigenvalue weighted by atomic mass is 9.31. The molecule has 7 aromatic carbocycles. The summed E-state index contributed by atoms with van der Waals surface area (Å²) < 4.78 is 2.63. The summed E-state index contributed by atoms with van der Waals surface area (Å²) in [5, 5.41) is 0. The number of rotatable bonds is 1. The van der Waals surface area contributed by atoms with Gasteiger partial charge in [-0.3, -0.25) is 4.57 Å². The van der Waals surface area contributed by atoms with Crippen LogP contribution in [0.2, 0.25) is 0 Å². The Morgan fingerprint density at radius 3 is 1.87 bits per heavy atom. The van der Waals surface area contributed by atoms with Crippen molar-refractivity contribution in [1.29, 1.82) is 0 Å². The Hall–Kier alpha value is -6.33. The number of para-hydroxylation sites is 3. The van der Waals surface area contributed by atoms with Crippen molar-refractivity contribution in [3.05, 3.63) is 173 Å². The highest BCUT2D eigenvalue weighted by Gasteiger charge is 2.59. The number of imidazole rings is 1. The molecular weight excluding hydrogens is 739 g/mol. The second-order valence-electron chi connectivity index (χ2n) is 20.8. The van der Waals surface area contributed by atoms with Crippen LogP contribution in [-0.2, 0) is 21.7 Å². The van der Waals surface area contributed by atoms with E-state index in [9.17, 15) is 0 Å². The van der Waals surface area contributed by atoms with E-state index in [1.54, 1.807) is 11.1 Å². The van der Waals surface area contributed by atoms with Crippen LogP contribution in [0.1, 0.15) is 99.5 Å². The summed E-state index contributed by atoms with van der Waals surface area (Å²) in [5.41, 5.74) is 26.7. The molecule has 1 fully saturated rings. The van der Waals surface area contributed by atoms with Gasteiger partial charge < -0.3 is 9.80 Å². The molecule has 8 aliphatic rings. The molecule has 8 aromatic rings. The Bertz CT molecular complexity index is 3310. The van der Waals surface area contributed by atoms with Crippen LogP contribution in [0.25, 0.3) is 27.8 Å². The molecule has 0 amide bonds. The normalized spacial score (nSPS) is 21.8. The van der Waals surface area contributed by atoms with E-state index < -0.39 is 5.41 Å². The van der Waals surface area contributed by atoms with Crippen molar-refractivity contribution in [3.8, 4) is 16.8 Å². The molecule has 0 radical (unpaired) electrons. The van der Waals surface area contributed by atoms with Crippen LogP contribution < -0.4 is 26.2 Å². The molecular formula is C56H45BN4. The molecule has 1 saturated carbocycles. The predicted molar refractivity (Wildman–Crippen MR) is 251 cm³/mol. The molecule has 292 valence electrons. The number of hydrogen-bond acceptors (Lipinski definition) is 3. The number of nitrogens with zero attached hydrogens (tertiary/aromatic N) is 4. The van der Waals surface area contributed by atoms with E-state index in [-0.39, 0.29) is 23.0 Å². The Labute approximate surface area is 357 Å². The lowest BCUT2D eigenvalue weighted by Gasteiger charge is -2.56. The first-order chi connectivity index (χ1) is 29.6. The highest BCUT2D eigenvalue weighted by molar-refractivity contribution is 7.00. The van der Waals surface area contributed by atoms with E-state index >= 15 is 0 Å². The lowest BCUT2D eigenvalue weighted by molar-refractivity contribution is 0.189. The maximum atomic E-state index is 5.72. The number of aromatic nitrogens is 2. The quantitative estimate of drug-likeness (QED) is 0.155. The molecule has 4 nitrogen and oxygen atoms in total. The molecule has 0 saturated heterocycles. The second-order valence-corrected chi connectivity index (χ2v) is 20.8. The molecule has 0 N–H and O–H groups in total. The Kier molecular flexibility index (Phi) is 5.69. The smallest absolute Gasteiger partial charge is 0.252 e. The summed E-state index contributed by atoms with van der Waals surface area (Å²) in [6.07, 6.45) is 4.95. The third-order valence-electron chi connectivity index (χ3n) is 16.7. The van der Waals surface area contributed by atoms with Gasteiger partial charge in [0, 0.05) is 22.5 Å². The third-order valence-corrected chi connectivity index (χ3v) is 16.7. The van der Waals surface area contributed by atoms with Gasteiger partial charge in [0.25, 0.3) is 6.71 Å². The fraction of sp³-hybridized carbons (Fsp3) is 0.232. The first kappa shape index (κ1) is 33.4. The van der Waals surface area contributed by atoms with Gasteiger partial charge in [-0.25, -0.2) is 4.98 Å². The van der Waals surface area contributed by atoms with Gasteiger partial charge in [0.1, 0.15) is 5.82 Å². The predicted octanol–water partition coefficient (Wildman–Crippen LogP) is 11.5. The number of hydrogen-bond donors (Lipinski definition) is 0. The highest BCUT2D eigenvalue weighted by atomic mass is 15.3. The van der Waals surface area contributed by atoms with Gasteiger partial charge in [-0.2, -0.15) is 0 Å².